The first kappa shape index (κ1) is 16.3. The lowest BCUT2D eigenvalue weighted by Crippen LogP contribution is -2.37. The number of nitrogens with two attached hydrogens (primary N) is 1. The minimum absolute atomic E-state index is 0.0188. The first-order chi connectivity index (χ1) is 9.62. The molecule has 0 fully saturated rings. The van der Waals surface area contributed by atoms with E-state index in [0.717, 1.165) is 12.8 Å². The van der Waals surface area contributed by atoms with Crippen LogP contribution >= 0.6 is 0 Å². The molecule has 1 atom stereocenters. The number of amides is 1. The lowest BCUT2D eigenvalue weighted by Gasteiger charge is -2.17. The Kier molecular flexibility index (Phi) is 6.87. The number of rotatable bonds is 8. The van der Waals surface area contributed by atoms with Crippen LogP contribution in [0, 0.1) is 0 Å². The van der Waals surface area contributed by atoms with E-state index in [2.05, 4.69) is 12.2 Å². The molecule has 1 unspecified atom stereocenters. The minimum Gasteiger partial charge on any atom is -0.492 e. The van der Waals surface area contributed by atoms with E-state index in [1.54, 1.807) is 25.3 Å². The molecule has 0 aromatic heterocycles. The molecule has 0 saturated heterocycles. The van der Waals surface area contributed by atoms with E-state index in [1.807, 2.05) is 6.92 Å². The molecule has 0 heterocycles. The normalized spacial score (nSPS) is 11.9. The number of ether oxygens (including phenoxy) is 2. The first-order valence-electron chi connectivity index (χ1n) is 6.94. The average molecular weight is 280 g/mol. The molecule has 0 bridgehead atoms. The maximum Gasteiger partial charge on any atom is 0.251 e. The van der Waals surface area contributed by atoms with Gasteiger partial charge in [0.15, 0.2) is 0 Å². The molecule has 0 radical (unpaired) electrons. The predicted octanol–water partition coefficient (Wildman–Crippen LogP) is 2.21. The summed E-state index contributed by atoms with van der Waals surface area (Å²) in [7, 11) is 1.63. The van der Waals surface area contributed by atoms with E-state index in [1.165, 1.54) is 0 Å². The predicted molar refractivity (Wildman–Crippen MR) is 80.1 cm³/mol. The van der Waals surface area contributed by atoms with Crippen LogP contribution in [0.5, 0.6) is 5.75 Å². The fourth-order valence-corrected chi connectivity index (χ4v) is 1.99. The van der Waals surface area contributed by atoms with Crippen LogP contribution < -0.4 is 15.8 Å². The maximum absolute atomic E-state index is 12.2. The van der Waals surface area contributed by atoms with Crippen LogP contribution in [-0.2, 0) is 4.74 Å². The molecule has 1 aromatic carbocycles. The largest absolute Gasteiger partial charge is 0.492 e. The monoisotopic (exact) mass is 280 g/mol. The van der Waals surface area contributed by atoms with Gasteiger partial charge < -0.3 is 20.5 Å². The van der Waals surface area contributed by atoms with E-state index in [9.17, 15) is 4.79 Å². The molecule has 5 heteroatoms. The summed E-state index contributed by atoms with van der Waals surface area (Å²) in [6.45, 7) is 5.01. The van der Waals surface area contributed by atoms with Crippen molar-refractivity contribution in [2.75, 3.05) is 26.1 Å². The lowest BCUT2D eigenvalue weighted by molar-refractivity contribution is 0.0891. The molecule has 5 nitrogen and oxygen atoms in total. The molecule has 1 amide bonds. The highest BCUT2D eigenvalue weighted by atomic mass is 16.5. The van der Waals surface area contributed by atoms with Crippen molar-refractivity contribution < 1.29 is 14.3 Å². The second-order valence-electron chi connectivity index (χ2n) is 4.60. The summed E-state index contributed by atoms with van der Waals surface area (Å²) in [5, 5.41) is 2.95. The zero-order valence-electron chi connectivity index (χ0n) is 12.4. The third-order valence-corrected chi connectivity index (χ3v) is 2.91. The Balaban J connectivity index is 2.73. The summed E-state index contributed by atoms with van der Waals surface area (Å²) in [6.07, 6.45) is 1.87. The van der Waals surface area contributed by atoms with Crippen molar-refractivity contribution in [3.8, 4) is 5.75 Å². The second kappa shape index (κ2) is 8.43. The number of nitrogen functional groups attached to an aromatic ring is 1. The van der Waals surface area contributed by atoms with Crippen molar-refractivity contribution >= 4 is 11.6 Å². The highest BCUT2D eigenvalue weighted by Crippen LogP contribution is 2.22. The summed E-state index contributed by atoms with van der Waals surface area (Å²) in [4.78, 5) is 12.2. The molecule has 20 heavy (non-hydrogen) atoms. The Labute approximate surface area is 120 Å². The van der Waals surface area contributed by atoms with Gasteiger partial charge in [-0.25, -0.2) is 0 Å². The number of hydrogen-bond acceptors (Lipinski definition) is 4. The first-order valence-corrected chi connectivity index (χ1v) is 6.94. The van der Waals surface area contributed by atoms with E-state index >= 15 is 0 Å². The number of carbonyl (C=O) groups is 1. The van der Waals surface area contributed by atoms with E-state index < -0.39 is 0 Å². The highest BCUT2D eigenvalue weighted by molar-refractivity contribution is 5.95. The molecule has 1 aromatic rings. The van der Waals surface area contributed by atoms with Gasteiger partial charge in [-0.05, 0) is 31.5 Å². The molecule has 0 saturated carbocycles. The summed E-state index contributed by atoms with van der Waals surface area (Å²) in [5.41, 5.74) is 6.87. The van der Waals surface area contributed by atoms with Crippen LogP contribution in [0.4, 0.5) is 5.69 Å². The Bertz CT molecular complexity index is 429. The fraction of sp³-hybridized carbons (Fsp3) is 0.533. The summed E-state index contributed by atoms with van der Waals surface area (Å²) >= 11 is 0. The molecule has 0 aliphatic rings. The zero-order valence-corrected chi connectivity index (χ0v) is 12.4. The van der Waals surface area contributed by atoms with Crippen molar-refractivity contribution in [2.24, 2.45) is 0 Å². The van der Waals surface area contributed by atoms with E-state index in [-0.39, 0.29) is 11.9 Å². The molecular weight excluding hydrogens is 256 g/mol. The van der Waals surface area contributed by atoms with Crippen LogP contribution in [0.3, 0.4) is 0 Å². The molecule has 0 spiro atoms. The number of carbonyl (C=O) groups excluding carboxylic acids is 1. The number of hydrogen-bond donors (Lipinski definition) is 2. The molecule has 112 valence electrons. The SMILES string of the molecule is CCCC(COC)NC(=O)c1ccc(OCC)c(N)c1. The number of methoxy groups -OCH3 is 1. The van der Waals surface area contributed by atoms with Crippen LogP contribution in [0.2, 0.25) is 0 Å². The average Bonchev–Trinajstić information content (AvgIpc) is 2.41. The van der Waals surface area contributed by atoms with Crippen LogP contribution in [0.15, 0.2) is 18.2 Å². The van der Waals surface area contributed by atoms with Gasteiger partial charge in [-0.2, -0.15) is 0 Å². The van der Waals surface area contributed by atoms with Gasteiger partial charge in [-0.3, -0.25) is 4.79 Å². The maximum atomic E-state index is 12.2. The lowest BCUT2D eigenvalue weighted by atomic mass is 10.1. The molecular formula is C15H24N2O3. The number of benzene rings is 1. The van der Waals surface area contributed by atoms with Crippen molar-refractivity contribution in [1.29, 1.82) is 0 Å². The Morgan fingerprint density at radius 3 is 2.70 bits per heavy atom. The smallest absolute Gasteiger partial charge is 0.251 e. The Morgan fingerprint density at radius 1 is 1.40 bits per heavy atom. The molecule has 0 aliphatic carbocycles. The van der Waals surface area contributed by atoms with Crippen molar-refractivity contribution in [1.82, 2.24) is 5.32 Å². The Morgan fingerprint density at radius 2 is 2.15 bits per heavy atom. The van der Waals surface area contributed by atoms with E-state index in [4.69, 9.17) is 15.2 Å². The summed E-state index contributed by atoms with van der Waals surface area (Å²) in [5.74, 6) is 0.460. The van der Waals surface area contributed by atoms with Gasteiger partial charge in [0.05, 0.1) is 24.9 Å². The van der Waals surface area contributed by atoms with Gasteiger partial charge in [0.25, 0.3) is 5.91 Å². The van der Waals surface area contributed by atoms with Crippen LogP contribution in [0.25, 0.3) is 0 Å². The fourth-order valence-electron chi connectivity index (χ4n) is 1.99. The van der Waals surface area contributed by atoms with Gasteiger partial charge in [0.1, 0.15) is 5.75 Å². The third-order valence-electron chi connectivity index (χ3n) is 2.91. The third kappa shape index (κ3) is 4.74. The van der Waals surface area contributed by atoms with Crippen molar-refractivity contribution in [3.05, 3.63) is 23.8 Å². The Hall–Kier alpha value is -1.75. The summed E-state index contributed by atoms with van der Waals surface area (Å²) < 4.78 is 10.5. The van der Waals surface area contributed by atoms with Crippen molar-refractivity contribution in [3.63, 3.8) is 0 Å². The van der Waals surface area contributed by atoms with Crippen LogP contribution in [-0.4, -0.2) is 32.3 Å². The highest BCUT2D eigenvalue weighted by Gasteiger charge is 2.14. The van der Waals surface area contributed by atoms with Gasteiger partial charge in [0.2, 0.25) is 0 Å². The quantitative estimate of drug-likeness (QED) is 0.716. The summed E-state index contributed by atoms with van der Waals surface area (Å²) in [6, 6.07) is 5.09. The van der Waals surface area contributed by atoms with E-state index in [0.29, 0.717) is 30.2 Å². The molecule has 0 aliphatic heterocycles. The van der Waals surface area contributed by atoms with Crippen LogP contribution in [0.1, 0.15) is 37.0 Å². The van der Waals surface area contributed by atoms with Gasteiger partial charge in [0, 0.05) is 12.7 Å². The van der Waals surface area contributed by atoms with Gasteiger partial charge in [-0.15, -0.1) is 0 Å². The minimum atomic E-state index is -0.143. The van der Waals surface area contributed by atoms with Gasteiger partial charge in [-0.1, -0.05) is 13.3 Å². The molecule has 3 N–H and O–H groups in total. The van der Waals surface area contributed by atoms with Gasteiger partial charge >= 0.3 is 0 Å². The van der Waals surface area contributed by atoms with Crippen molar-refractivity contribution in [2.45, 2.75) is 32.7 Å². The topological polar surface area (TPSA) is 73.6 Å². The number of anilines is 1. The number of nitrogens with one attached hydrogen (secondary N) is 1. The standard InChI is InChI=1S/C15H24N2O3/c1-4-6-12(10-19-3)17-15(18)11-7-8-14(20-5-2)13(16)9-11/h7-9,12H,4-6,10,16H2,1-3H3,(H,17,18). The molecule has 1 rings (SSSR count). The zero-order chi connectivity index (χ0) is 15.0. The second-order valence-corrected chi connectivity index (χ2v) is 4.60.